The van der Waals surface area contributed by atoms with Crippen LogP contribution in [0, 0.1) is 0 Å². The quantitative estimate of drug-likeness (QED) is 0.621. The molecule has 0 atom stereocenters. The first kappa shape index (κ1) is 19.2. The smallest absolute Gasteiger partial charge is 0.225 e. The molecule has 1 saturated heterocycles. The summed E-state index contributed by atoms with van der Waals surface area (Å²) in [5, 5.41) is 3.25. The molecule has 148 valence electrons. The van der Waals surface area contributed by atoms with Gasteiger partial charge in [-0.15, -0.1) is 6.58 Å². The van der Waals surface area contributed by atoms with Gasteiger partial charge in [0.15, 0.2) is 0 Å². The van der Waals surface area contributed by atoms with Crippen LogP contribution < -0.4 is 10.2 Å². The van der Waals surface area contributed by atoms with Gasteiger partial charge in [0.25, 0.3) is 0 Å². The summed E-state index contributed by atoms with van der Waals surface area (Å²) in [5.41, 5.74) is 3.40. The van der Waals surface area contributed by atoms with E-state index in [-0.39, 0.29) is 0 Å². The Hall–Kier alpha value is -3.18. The van der Waals surface area contributed by atoms with E-state index in [2.05, 4.69) is 70.2 Å². The number of nitrogens with zero attached hydrogens (tertiary/aromatic N) is 4. The van der Waals surface area contributed by atoms with Crippen LogP contribution in [-0.2, 0) is 6.54 Å². The second kappa shape index (κ2) is 9.34. The first-order valence-electron chi connectivity index (χ1n) is 10.1. The average molecular weight is 386 g/mol. The van der Waals surface area contributed by atoms with Gasteiger partial charge in [-0.05, 0) is 5.56 Å². The number of hydrogen-bond donors (Lipinski definition) is 1. The molecule has 1 aliphatic rings. The lowest BCUT2D eigenvalue weighted by Gasteiger charge is -2.35. The third-order valence-corrected chi connectivity index (χ3v) is 5.13. The molecule has 0 aliphatic carbocycles. The Kier molecular flexibility index (Phi) is 6.17. The SMILES string of the molecule is C=CCNc1nc(-c2ccccc2)cc(N2CCN(Cc3ccccc3)CC2)n1. The zero-order valence-corrected chi connectivity index (χ0v) is 16.7. The minimum atomic E-state index is 0.641. The van der Waals surface area contributed by atoms with Crippen molar-refractivity contribution in [2.24, 2.45) is 0 Å². The lowest BCUT2D eigenvalue weighted by Crippen LogP contribution is -2.46. The molecule has 2 aromatic carbocycles. The maximum atomic E-state index is 4.77. The molecule has 3 aromatic rings. The maximum absolute atomic E-state index is 4.77. The van der Waals surface area contributed by atoms with Gasteiger partial charge >= 0.3 is 0 Å². The van der Waals surface area contributed by atoms with E-state index in [1.807, 2.05) is 24.3 Å². The minimum absolute atomic E-state index is 0.641. The Labute approximate surface area is 172 Å². The second-order valence-electron chi connectivity index (χ2n) is 7.22. The van der Waals surface area contributed by atoms with Crippen LogP contribution >= 0.6 is 0 Å². The highest BCUT2D eigenvalue weighted by atomic mass is 15.3. The van der Waals surface area contributed by atoms with E-state index < -0.39 is 0 Å². The van der Waals surface area contributed by atoms with Crippen molar-refractivity contribution in [1.29, 1.82) is 0 Å². The largest absolute Gasteiger partial charge is 0.354 e. The molecule has 2 heterocycles. The normalized spacial score (nSPS) is 14.6. The Bertz CT molecular complexity index is 919. The third kappa shape index (κ3) is 5.00. The zero-order valence-electron chi connectivity index (χ0n) is 16.7. The van der Waals surface area contributed by atoms with Gasteiger partial charge < -0.3 is 10.2 Å². The first-order chi connectivity index (χ1) is 14.3. The highest BCUT2D eigenvalue weighted by Crippen LogP contribution is 2.24. The molecule has 0 amide bonds. The molecule has 0 spiro atoms. The maximum Gasteiger partial charge on any atom is 0.225 e. The van der Waals surface area contributed by atoms with E-state index >= 15 is 0 Å². The molecule has 1 fully saturated rings. The van der Waals surface area contributed by atoms with E-state index in [1.54, 1.807) is 0 Å². The zero-order chi connectivity index (χ0) is 19.9. The molecule has 0 saturated carbocycles. The van der Waals surface area contributed by atoms with Crippen LogP contribution in [0.3, 0.4) is 0 Å². The molecule has 1 aliphatic heterocycles. The van der Waals surface area contributed by atoms with Crippen molar-refractivity contribution in [3.8, 4) is 11.3 Å². The van der Waals surface area contributed by atoms with Crippen molar-refractivity contribution < 1.29 is 0 Å². The van der Waals surface area contributed by atoms with Gasteiger partial charge in [0.1, 0.15) is 5.82 Å². The Morgan fingerprint density at radius 1 is 0.897 bits per heavy atom. The molecular formula is C24H27N5. The summed E-state index contributed by atoms with van der Waals surface area (Å²) >= 11 is 0. The van der Waals surface area contributed by atoms with Crippen LogP contribution in [0.5, 0.6) is 0 Å². The van der Waals surface area contributed by atoms with Gasteiger partial charge in [-0.3, -0.25) is 4.90 Å². The Balaban J connectivity index is 1.49. The lowest BCUT2D eigenvalue weighted by molar-refractivity contribution is 0.249. The standard InChI is InChI=1S/C24H27N5/c1-2-13-25-24-26-22(21-11-7-4-8-12-21)18-23(27-24)29-16-14-28(15-17-29)19-20-9-5-3-6-10-20/h2-12,18H,1,13-17,19H2,(H,25,26,27). The highest BCUT2D eigenvalue weighted by molar-refractivity contribution is 5.65. The fourth-order valence-electron chi connectivity index (χ4n) is 3.57. The average Bonchev–Trinajstić information content (AvgIpc) is 2.79. The summed E-state index contributed by atoms with van der Waals surface area (Å²) in [7, 11) is 0. The van der Waals surface area contributed by atoms with Gasteiger partial charge in [0.2, 0.25) is 5.95 Å². The number of anilines is 2. The van der Waals surface area contributed by atoms with Crippen molar-refractivity contribution in [3.05, 3.63) is 84.9 Å². The van der Waals surface area contributed by atoms with Gasteiger partial charge in [-0.25, -0.2) is 4.98 Å². The summed E-state index contributed by atoms with van der Waals surface area (Å²) in [6.45, 7) is 9.38. The van der Waals surface area contributed by atoms with Crippen LogP contribution in [0.1, 0.15) is 5.56 Å². The van der Waals surface area contributed by atoms with Gasteiger partial charge in [0.05, 0.1) is 5.69 Å². The molecular weight excluding hydrogens is 358 g/mol. The molecule has 0 bridgehead atoms. The van der Waals surface area contributed by atoms with E-state index in [1.165, 1.54) is 5.56 Å². The van der Waals surface area contributed by atoms with Crippen LogP contribution in [-0.4, -0.2) is 47.6 Å². The van der Waals surface area contributed by atoms with Crippen LogP contribution in [0.15, 0.2) is 79.4 Å². The predicted molar refractivity (Wildman–Crippen MR) is 120 cm³/mol. The molecule has 5 nitrogen and oxygen atoms in total. The third-order valence-electron chi connectivity index (χ3n) is 5.13. The second-order valence-corrected chi connectivity index (χ2v) is 7.22. The predicted octanol–water partition coefficient (Wildman–Crippen LogP) is 4.06. The van der Waals surface area contributed by atoms with Crippen molar-refractivity contribution in [2.45, 2.75) is 6.54 Å². The monoisotopic (exact) mass is 385 g/mol. The van der Waals surface area contributed by atoms with E-state index in [9.17, 15) is 0 Å². The number of rotatable bonds is 7. The van der Waals surface area contributed by atoms with Crippen molar-refractivity contribution >= 4 is 11.8 Å². The summed E-state index contributed by atoms with van der Waals surface area (Å²) in [6, 6.07) is 23.0. The molecule has 4 rings (SSSR count). The molecule has 0 unspecified atom stereocenters. The number of benzene rings is 2. The fourth-order valence-corrected chi connectivity index (χ4v) is 3.57. The lowest BCUT2D eigenvalue weighted by atomic mass is 10.1. The number of aromatic nitrogens is 2. The van der Waals surface area contributed by atoms with Crippen LogP contribution in [0.4, 0.5) is 11.8 Å². The number of hydrogen-bond acceptors (Lipinski definition) is 5. The molecule has 0 radical (unpaired) electrons. The van der Waals surface area contributed by atoms with E-state index in [0.29, 0.717) is 12.5 Å². The minimum Gasteiger partial charge on any atom is -0.354 e. The molecule has 1 aromatic heterocycles. The number of nitrogens with one attached hydrogen (secondary N) is 1. The van der Waals surface area contributed by atoms with Gasteiger partial charge in [-0.1, -0.05) is 66.7 Å². The fraction of sp³-hybridized carbons (Fsp3) is 0.250. The van der Waals surface area contributed by atoms with Crippen molar-refractivity contribution in [2.75, 3.05) is 42.9 Å². The first-order valence-corrected chi connectivity index (χ1v) is 10.1. The molecule has 1 N–H and O–H groups in total. The van der Waals surface area contributed by atoms with Gasteiger partial charge in [0, 0.05) is 50.9 Å². The highest BCUT2D eigenvalue weighted by Gasteiger charge is 2.19. The summed E-state index contributed by atoms with van der Waals surface area (Å²) in [6.07, 6.45) is 1.82. The topological polar surface area (TPSA) is 44.3 Å². The van der Waals surface area contributed by atoms with Crippen molar-refractivity contribution in [3.63, 3.8) is 0 Å². The molecule has 5 heteroatoms. The van der Waals surface area contributed by atoms with Crippen LogP contribution in [0.2, 0.25) is 0 Å². The van der Waals surface area contributed by atoms with Crippen molar-refractivity contribution in [1.82, 2.24) is 14.9 Å². The van der Waals surface area contributed by atoms with Gasteiger partial charge in [-0.2, -0.15) is 4.98 Å². The Morgan fingerprint density at radius 2 is 1.59 bits per heavy atom. The summed E-state index contributed by atoms with van der Waals surface area (Å²) < 4.78 is 0. The van der Waals surface area contributed by atoms with E-state index in [4.69, 9.17) is 9.97 Å². The Morgan fingerprint density at radius 3 is 2.28 bits per heavy atom. The summed E-state index contributed by atoms with van der Waals surface area (Å²) in [4.78, 5) is 14.3. The number of piperazine rings is 1. The molecule has 29 heavy (non-hydrogen) atoms. The van der Waals surface area contributed by atoms with Crippen LogP contribution in [0.25, 0.3) is 11.3 Å². The summed E-state index contributed by atoms with van der Waals surface area (Å²) in [5.74, 6) is 1.62. The van der Waals surface area contributed by atoms with E-state index in [0.717, 1.165) is 49.8 Å².